The normalized spacial score (nSPS) is 14.4. The predicted molar refractivity (Wildman–Crippen MR) is 131 cm³/mol. The number of amides is 1. The second-order valence-corrected chi connectivity index (χ2v) is 9.75. The Bertz CT molecular complexity index is 1260. The zero-order chi connectivity index (χ0) is 22.6. The van der Waals surface area contributed by atoms with E-state index < -0.39 is 10.0 Å². The monoisotopic (exact) mass is 465 g/mol. The first kappa shape index (κ1) is 22.1. The van der Waals surface area contributed by atoms with Crippen LogP contribution in [0.1, 0.15) is 18.1 Å². The lowest BCUT2D eigenvalue weighted by Crippen LogP contribution is -2.34. The maximum absolute atomic E-state index is 12.8. The van der Waals surface area contributed by atoms with Gasteiger partial charge in [0.25, 0.3) is 10.0 Å². The number of para-hydroxylation sites is 2. The number of fused-ring (bicyclic) bond motifs is 1. The molecule has 32 heavy (non-hydrogen) atoms. The maximum atomic E-state index is 12.8. The summed E-state index contributed by atoms with van der Waals surface area (Å²) in [6.45, 7) is 2.47. The van der Waals surface area contributed by atoms with Crippen molar-refractivity contribution in [3.8, 4) is 0 Å². The number of sulfonamides is 1. The van der Waals surface area contributed by atoms with Crippen LogP contribution in [0.15, 0.2) is 88.2 Å². The van der Waals surface area contributed by atoms with E-state index in [-0.39, 0.29) is 21.7 Å². The van der Waals surface area contributed by atoms with Gasteiger partial charge in [0.2, 0.25) is 5.91 Å². The van der Waals surface area contributed by atoms with Crippen molar-refractivity contribution in [3.63, 3.8) is 0 Å². The number of carbonyl (C=O) groups excluding carboxylic acids is 1. The molecule has 0 saturated heterocycles. The molecule has 3 aromatic rings. The molecule has 3 aromatic carbocycles. The van der Waals surface area contributed by atoms with Gasteiger partial charge in [0, 0.05) is 5.69 Å². The number of nitrogens with one attached hydrogen (secondary N) is 1. The molecule has 0 unspecified atom stereocenters. The van der Waals surface area contributed by atoms with E-state index in [2.05, 4.69) is 9.71 Å². The van der Waals surface area contributed by atoms with Gasteiger partial charge in [-0.3, -0.25) is 4.79 Å². The van der Waals surface area contributed by atoms with Gasteiger partial charge in [-0.2, -0.15) is 8.42 Å². The largest absolute Gasteiger partial charge is 0.325 e. The summed E-state index contributed by atoms with van der Waals surface area (Å²) in [5, 5.41) is 3.21. The molecule has 0 aliphatic carbocycles. The highest BCUT2D eigenvalue weighted by Crippen LogP contribution is 2.35. The topological polar surface area (TPSA) is 78.8 Å². The minimum atomic E-state index is -3.84. The molecule has 4 rings (SSSR count). The fourth-order valence-electron chi connectivity index (χ4n) is 3.49. The van der Waals surface area contributed by atoms with E-state index in [0.717, 1.165) is 35.0 Å². The molecule has 8 heteroatoms. The Morgan fingerprint density at radius 3 is 2.44 bits per heavy atom. The highest BCUT2D eigenvalue weighted by Gasteiger charge is 2.31. The fraction of sp³-hybridized carbons (Fsp3) is 0.167. The molecule has 1 amide bonds. The van der Waals surface area contributed by atoms with E-state index in [9.17, 15) is 13.2 Å². The second-order valence-electron chi connectivity index (χ2n) is 7.24. The molecule has 164 valence electrons. The van der Waals surface area contributed by atoms with E-state index in [1.807, 2.05) is 66.4 Å². The molecular weight excluding hydrogens is 442 g/mol. The molecule has 1 N–H and O–H groups in total. The van der Waals surface area contributed by atoms with Gasteiger partial charge in [-0.1, -0.05) is 79.3 Å². The molecular formula is C24H23N3O3S2. The van der Waals surface area contributed by atoms with Crippen LogP contribution in [-0.4, -0.2) is 25.2 Å². The van der Waals surface area contributed by atoms with Crippen molar-refractivity contribution in [2.75, 3.05) is 16.0 Å². The van der Waals surface area contributed by atoms with E-state index in [1.54, 1.807) is 24.3 Å². The molecule has 0 saturated carbocycles. The van der Waals surface area contributed by atoms with Gasteiger partial charge < -0.3 is 10.2 Å². The third-order valence-electron chi connectivity index (χ3n) is 5.05. The van der Waals surface area contributed by atoms with Crippen molar-refractivity contribution in [1.82, 2.24) is 0 Å². The van der Waals surface area contributed by atoms with Gasteiger partial charge in [-0.15, -0.1) is 4.40 Å². The lowest BCUT2D eigenvalue weighted by atomic mass is 10.1. The van der Waals surface area contributed by atoms with Crippen molar-refractivity contribution < 1.29 is 13.2 Å². The van der Waals surface area contributed by atoms with Crippen molar-refractivity contribution in [2.24, 2.45) is 4.40 Å². The van der Waals surface area contributed by atoms with Crippen LogP contribution in [0.5, 0.6) is 0 Å². The summed E-state index contributed by atoms with van der Waals surface area (Å²) >= 11 is 1.12. The quantitative estimate of drug-likeness (QED) is 0.572. The Hall–Kier alpha value is -3.10. The number of amidine groups is 1. The number of anilines is 2. The van der Waals surface area contributed by atoms with Gasteiger partial charge in [0.05, 0.1) is 18.0 Å². The lowest BCUT2D eigenvalue weighted by molar-refractivity contribution is -0.113. The average Bonchev–Trinajstić information content (AvgIpc) is 2.81. The molecule has 1 aliphatic rings. The van der Waals surface area contributed by atoms with Gasteiger partial charge in [-0.25, -0.2) is 0 Å². The van der Waals surface area contributed by atoms with Crippen molar-refractivity contribution in [3.05, 3.63) is 90.0 Å². The molecule has 0 radical (unpaired) electrons. The van der Waals surface area contributed by atoms with Crippen LogP contribution >= 0.6 is 11.8 Å². The Balaban J connectivity index is 1.57. The van der Waals surface area contributed by atoms with Crippen LogP contribution < -0.4 is 10.2 Å². The molecule has 0 aromatic heterocycles. The highest BCUT2D eigenvalue weighted by molar-refractivity contribution is 8.15. The van der Waals surface area contributed by atoms with Crippen molar-refractivity contribution >= 4 is 44.2 Å². The van der Waals surface area contributed by atoms with Crippen molar-refractivity contribution in [1.29, 1.82) is 0 Å². The molecule has 1 aliphatic heterocycles. The second kappa shape index (κ2) is 9.58. The van der Waals surface area contributed by atoms with Crippen LogP contribution in [0.25, 0.3) is 0 Å². The summed E-state index contributed by atoms with van der Waals surface area (Å²) in [7, 11) is -3.84. The minimum Gasteiger partial charge on any atom is -0.325 e. The van der Waals surface area contributed by atoms with Crippen LogP contribution in [0.3, 0.4) is 0 Å². The first-order valence-corrected chi connectivity index (χ1v) is 12.7. The Morgan fingerprint density at radius 1 is 0.969 bits per heavy atom. The van der Waals surface area contributed by atoms with Crippen molar-refractivity contribution in [2.45, 2.75) is 24.8 Å². The molecule has 0 atom stereocenters. The Kier molecular flexibility index (Phi) is 6.62. The minimum absolute atomic E-state index is 0.0415. The standard InChI is InChI=1S/C24H23N3O3S2/c1-2-19-12-6-7-13-20(19)25-23(28)17-31-24-26-32(29,30)22-15-9-8-14-21(22)27(24)16-18-10-4-3-5-11-18/h3-15H,2,16-17H2,1H3,(H,25,28). The molecule has 6 nitrogen and oxygen atoms in total. The number of aryl methyl sites for hydroxylation is 1. The summed E-state index contributed by atoms with van der Waals surface area (Å²) in [5.41, 5.74) is 3.38. The Morgan fingerprint density at radius 2 is 1.66 bits per heavy atom. The average molecular weight is 466 g/mol. The van der Waals surface area contributed by atoms with Crippen LogP contribution in [0, 0.1) is 0 Å². The lowest BCUT2D eigenvalue weighted by Gasteiger charge is -2.30. The van der Waals surface area contributed by atoms with E-state index in [4.69, 9.17) is 0 Å². The van der Waals surface area contributed by atoms with Crippen LogP contribution in [0.4, 0.5) is 11.4 Å². The smallest absolute Gasteiger partial charge is 0.286 e. The number of benzene rings is 3. The molecule has 0 spiro atoms. The summed E-state index contributed by atoms with van der Waals surface area (Å²) in [4.78, 5) is 14.7. The third-order valence-corrected chi connectivity index (χ3v) is 7.46. The summed E-state index contributed by atoms with van der Waals surface area (Å²) < 4.78 is 29.6. The van der Waals surface area contributed by atoms with Gasteiger partial charge in [-0.05, 0) is 35.7 Å². The summed E-state index contributed by atoms with van der Waals surface area (Å²) in [5.74, 6) is -0.172. The van der Waals surface area contributed by atoms with Gasteiger partial charge >= 0.3 is 0 Å². The summed E-state index contributed by atoms with van der Waals surface area (Å²) in [6, 6.07) is 24.2. The van der Waals surface area contributed by atoms with E-state index >= 15 is 0 Å². The first-order valence-electron chi connectivity index (χ1n) is 10.2. The Labute approximate surface area is 192 Å². The van der Waals surface area contributed by atoms with Crippen LogP contribution in [-0.2, 0) is 27.8 Å². The number of rotatable bonds is 6. The predicted octanol–water partition coefficient (Wildman–Crippen LogP) is 4.69. The number of nitrogens with zero attached hydrogens (tertiary/aromatic N) is 2. The van der Waals surface area contributed by atoms with E-state index in [0.29, 0.717) is 12.2 Å². The summed E-state index contributed by atoms with van der Waals surface area (Å²) in [6.07, 6.45) is 0.802. The zero-order valence-electron chi connectivity index (χ0n) is 17.6. The number of thioether (sulfide) groups is 1. The SMILES string of the molecule is CCc1ccccc1NC(=O)CSC1=NS(=O)(=O)c2ccccc2N1Cc1ccccc1. The first-order chi connectivity index (χ1) is 15.5. The molecule has 0 bridgehead atoms. The number of carbonyl (C=O) groups is 1. The van der Waals surface area contributed by atoms with E-state index in [1.165, 1.54) is 0 Å². The zero-order valence-corrected chi connectivity index (χ0v) is 19.2. The number of hydrogen-bond donors (Lipinski definition) is 1. The number of hydrogen-bond acceptors (Lipinski definition) is 5. The fourth-order valence-corrected chi connectivity index (χ4v) is 5.74. The van der Waals surface area contributed by atoms with Gasteiger partial charge in [0.15, 0.2) is 5.17 Å². The van der Waals surface area contributed by atoms with Gasteiger partial charge in [0.1, 0.15) is 4.90 Å². The highest BCUT2D eigenvalue weighted by atomic mass is 32.2. The molecule has 0 fully saturated rings. The third kappa shape index (κ3) is 4.87. The maximum Gasteiger partial charge on any atom is 0.286 e. The van der Waals surface area contributed by atoms with Crippen LogP contribution in [0.2, 0.25) is 0 Å². The molecule has 1 heterocycles.